The largest absolute Gasteiger partial charge is 0.497 e. The fraction of sp³-hybridized carbons (Fsp3) is 0.0769. The van der Waals surface area contributed by atoms with Crippen LogP contribution < -0.4 is 10.1 Å². The highest BCUT2D eigenvalue weighted by Gasteiger charge is 2.19. The van der Waals surface area contributed by atoms with Crippen molar-refractivity contribution >= 4 is 46.3 Å². The van der Waals surface area contributed by atoms with Gasteiger partial charge in [0.15, 0.2) is 0 Å². The molecule has 0 radical (unpaired) electrons. The third-order valence-electron chi connectivity index (χ3n) is 2.72. The standard InChI is InChI=1S/C13H9Cl2NOS/c1-17-7-2-4-9-11(6-7)18-10-5-3-8(14)12(15)13(10)16-9/h2-6,16H,1H3. The summed E-state index contributed by atoms with van der Waals surface area (Å²) in [7, 11) is 1.66. The van der Waals surface area contributed by atoms with Crippen molar-refractivity contribution in [1.82, 2.24) is 0 Å². The average Bonchev–Trinajstić information content (AvgIpc) is 2.41. The molecule has 1 heterocycles. The molecule has 3 rings (SSSR count). The van der Waals surface area contributed by atoms with Crippen molar-refractivity contribution in [2.75, 3.05) is 12.4 Å². The predicted octanol–water partition coefficient (Wildman–Crippen LogP) is 5.21. The van der Waals surface area contributed by atoms with E-state index in [0.717, 1.165) is 26.9 Å². The number of methoxy groups -OCH3 is 1. The highest BCUT2D eigenvalue weighted by molar-refractivity contribution is 7.99. The second kappa shape index (κ2) is 4.57. The number of nitrogens with one attached hydrogen (secondary N) is 1. The van der Waals surface area contributed by atoms with E-state index >= 15 is 0 Å². The van der Waals surface area contributed by atoms with Gasteiger partial charge in [0.25, 0.3) is 0 Å². The molecule has 1 aliphatic rings. The van der Waals surface area contributed by atoms with E-state index in [2.05, 4.69) is 5.32 Å². The van der Waals surface area contributed by atoms with Gasteiger partial charge in [0, 0.05) is 9.79 Å². The smallest absolute Gasteiger partial charge is 0.120 e. The van der Waals surface area contributed by atoms with Gasteiger partial charge in [-0.15, -0.1) is 0 Å². The first-order valence-corrected chi connectivity index (χ1v) is 6.87. The Morgan fingerprint density at radius 2 is 1.94 bits per heavy atom. The molecule has 0 saturated heterocycles. The summed E-state index contributed by atoms with van der Waals surface area (Å²) >= 11 is 13.9. The Morgan fingerprint density at radius 3 is 2.72 bits per heavy atom. The second-order valence-electron chi connectivity index (χ2n) is 3.82. The van der Waals surface area contributed by atoms with Crippen LogP contribution in [0.5, 0.6) is 5.75 Å². The van der Waals surface area contributed by atoms with Crippen molar-refractivity contribution in [3.8, 4) is 5.75 Å². The van der Waals surface area contributed by atoms with E-state index in [1.54, 1.807) is 18.9 Å². The van der Waals surface area contributed by atoms with Crippen LogP contribution in [0.25, 0.3) is 0 Å². The van der Waals surface area contributed by atoms with Gasteiger partial charge in [-0.3, -0.25) is 0 Å². The average molecular weight is 298 g/mol. The van der Waals surface area contributed by atoms with E-state index in [9.17, 15) is 0 Å². The predicted molar refractivity (Wildman–Crippen MR) is 76.9 cm³/mol. The van der Waals surface area contributed by atoms with Crippen LogP contribution in [0.1, 0.15) is 0 Å². The fourth-order valence-electron chi connectivity index (χ4n) is 1.80. The van der Waals surface area contributed by atoms with Gasteiger partial charge in [0.2, 0.25) is 0 Å². The van der Waals surface area contributed by atoms with Crippen molar-refractivity contribution in [2.45, 2.75) is 9.79 Å². The summed E-state index contributed by atoms with van der Waals surface area (Å²) in [6.07, 6.45) is 0. The van der Waals surface area contributed by atoms with Crippen LogP contribution in [-0.4, -0.2) is 7.11 Å². The monoisotopic (exact) mass is 297 g/mol. The van der Waals surface area contributed by atoms with E-state index in [-0.39, 0.29) is 0 Å². The molecule has 0 saturated carbocycles. The lowest BCUT2D eigenvalue weighted by molar-refractivity contribution is 0.414. The SMILES string of the molecule is COc1ccc2c(c1)Sc1ccc(Cl)c(Cl)c1N2. The number of halogens is 2. The Morgan fingerprint density at radius 1 is 1.11 bits per heavy atom. The zero-order valence-electron chi connectivity index (χ0n) is 9.46. The van der Waals surface area contributed by atoms with E-state index in [4.69, 9.17) is 27.9 Å². The van der Waals surface area contributed by atoms with Gasteiger partial charge in [-0.05, 0) is 30.3 Å². The van der Waals surface area contributed by atoms with Crippen molar-refractivity contribution in [2.24, 2.45) is 0 Å². The maximum absolute atomic E-state index is 6.20. The van der Waals surface area contributed by atoms with Crippen LogP contribution in [-0.2, 0) is 0 Å². The molecule has 0 fully saturated rings. The van der Waals surface area contributed by atoms with Gasteiger partial charge in [-0.2, -0.15) is 0 Å². The lowest BCUT2D eigenvalue weighted by Gasteiger charge is -2.22. The molecule has 2 aromatic rings. The van der Waals surface area contributed by atoms with Crippen molar-refractivity contribution in [3.05, 3.63) is 40.4 Å². The summed E-state index contributed by atoms with van der Waals surface area (Å²) in [5, 5.41) is 4.42. The molecular formula is C13H9Cl2NOS. The Hall–Kier alpha value is -1.03. The first kappa shape index (κ1) is 12.0. The van der Waals surface area contributed by atoms with Crippen LogP contribution in [0.3, 0.4) is 0 Å². The Balaban J connectivity index is 2.08. The fourth-order valence-corrected chi connectivity index (χ4v) is 3.26. The summed E-state index contributed by atoms with van der Waals surface area (Å²) in [5.74, 6) is 0.839. The first-order chi connectivity index (χ1) is 8.69. The third-order valence-corrected chi connectivity index (χ3v) is 4.65. The molecule has 1 aliphatic heterocycles. The molecular weight excluding hydrogens is 289 g/mol. The van der Waals surface area contributed by atoms with Crippen LogP contribution in [0.2, 0.25) is 10.0 Å². The number of rotatable bonds is 1. The maximum atomic E-state index is 6.20. The molecule has 1 N–H and O–H groups in total. The summed E-state index contributed by atoms with van der Waals surface area (Å²) in [4.78, 5) is 2.17. The van der Waals surface area contributed by atoms with Gasteiger partial charge in [-0.1, -0.05) is 35.0 Å². The topological polar surface area (TPSA) is 21.3 Å². The molecule has 0 bridgehead atoms. The van der Waals surface area contributed by atoms with Crippen LogP contribution in [0.4, 0.5) is 11.4 Å². The summed E-state index contributed by atoms with van der Waals surface area (Å²) in [6, 6.07) is 9.65. The Kier molecular flexibility index (Phi) is 3.06. The van der Waals surface area contributed by atoms with E-state index in [0.29, 0.717) is 10.0 Å². The van der Waals surface area contributed by atoms with Gasteiger partial charge in [0.1, 0.15) is 5.75 Å². The number of hydrogen-bond acceptors (Lipinski definition) is 3. The Bertz CT molecular complexity index is 631. The van der Waals surface area contributed by atoms with Crippen molar-refractivity contribution in [3.63, 3.8) is 0 Å². The Labute approximate surface area is 119 Å². The van der Waals surface area contributed by atoms with Crippen LogP contribution in [0, 0.1) is 0 Å². The number of anilines is 2. The van der Waals surface area contributed by atoms with Gasteiger partial charge in [0.05, 0.1) is 28.5 Å². The third kappa shape index (κ3) is 1.92. The summed E-state index contributed by atoms with van der Waals surface area (Å²) < 4.78 is 5.22. The quantitative estimate of drug-likeness (QED) is 0.666. The summed E-state index contributed by atoms with van der Waals surface area (Å²) in [6.45, 7) is 0. The maximum Gasteiger partial charge on any atom is 0.120 e. The summed E-state index contributed by atoms with van der Waals surface area (Å²) in [5.41, 5.74) is 1.88. The molecule has 0 unspecified atom stereocenters. The molecule has 0 aliphatic carbocycles. The molecule has 0 aromatic heterocycles. The van der Waals surface area contributed by atoms with E-state index in [1.165, 1.54) is 0 Å². The lowest BCUT2D eigenvalue weighted by atomic mass is 10.2. The van der Waals surface area contributed by atoms with Crippen molar-refractivity contribution < 1.29 is 4.74 Å². The number of hydrogen-bond donors (Lipinski definition) is 1. The number of fused-ring (bicyclic) bond motifs is 2. The van der Waals surface area contributed by atoms with Gasteiger partial charge >= 0.3 is 0 Å². The zero-order chi connectivity index (χ0) is 12.7. The first-order valence-electron chi connectivity index (χ1n) is 5.30. The molecule has 0 atom stereocenters. The minimum absolute atomic E-state index is 0.556. The molecule has 0 amide bonds. The van der Waals surface area contributed by atoms with Gasteiger partial charge in [-0.25, -0.2) is 0 Å². The van der Waals surface area contributed by atoms with Crippen LogP contribution >= 0.6 is 35.0 Å². The highest BCUT2D eigenvalue weighted by Crippen LogP contribution is 2.49. The van der Waals surface area contributed by atoms with Crippen molar-refractivity contribution in [1.29, 1.82) is 0 Å². The van der Waals surface area contributed by atoms with E-state index < -0.39 is 0 Å². The minimum atomic E-state index is 0.556. The molecule has 18 heavy (non-hydrogen) atoms. The molecule has 2 nitrogen and oxygen atoms in total. The molecule has 5 heteroatoms. The zero-order valence-corrected chi connectivity index (χ0v) is 11.8. The number of ether oxygens (including phenoxy) is 1. The highest BCUT2D eigenvalue weighted by atomic mass is 35.5. The molecule has 92 valence electrons. The lowest BCUT2D eigenvalue weighted by Crippen LogP contribution is -2.01. The van der Waals surface area contributed by atoms with Gasteiger partial charge < -0.3 is 10.1 Å². The second-order valence-corrected chi connectivity index (χ2v) is 5.69. The van der Waals surface area contributed by atoms with Crippen LogP contribution in [0.15, 0.2) is 40.1 Å². The minimum Gasteiger partial charge on any atom is -0.497 e. The normalized spacial score (nSPS) is 12.4. The number of benzene rings is 2. The molecule has 0 spiro atoms. The molecule has 2 aromatic carbocycles. The van der Waals surface area contributed by atoms with E-state index in [1.807, 2.05) is 30.3 Å².